The van der Waals surface area contributed by atoms with Gasteiger partial charge in [0.05, 0.1) is 0 Å². The van der Waals surface area contributed by atoms with E-state index < -0.39 is 11.8 Å². The van der Waals surface area contributed by atoms with Crippen LogP contribution in [-0.2, 0) is 4.74 Å². The summed E-state index contributed by atoms with van der Waals surface area (Å²) in [4.78, 5) is 11.2. The molecule has 2 fully saturated rings. The number of carboxylic acid groups (broad SMARTS) is 1. The summed E-state index contributed by atoms with van der Waals surface area (Å²) in [7, 11) is 0. The second-order valence-electron chi connectivity index (χ2n) is 7.44. The van der Waals surface area contributed by atoms with Gasteiger partial charge >= 0.3 is 6.16 Å². The van der Waals surface area contributed by atoms with Gasteiger partial charge in [0.25, 0.3) is 0 Å². The lowest BCUT2D eigenvalue weighted by molar-refractivity contribution is -0.0435. The van der Waals surface area contributed by atoms with Crippen LogP contribution in [0.15, 0.2) is 24.3 Å². The molecular formula is C20H28O3. The number of carbonyl (C=O) groups is 1. The van der Waals surface area contributed by atoms with Crippen LogP contribution in [0.3, 0.4) is 0 Å². The van der Waals surface area contributed by atoms with E-state index in [0.717, 1.165) is 25.7 Å². The van der Waals surface area contributed by atoms with Crippen LogP contribution < -0.4 is 0 Å². The number of rotatable bonds is 3. The summed E-state index contributed by atoms with van der Waals surface area (Å²) in [6.07, 6.45) is 9.40. The zero-order valence-electron chi connectivity index (χ0n) is 14.1. The first kappa shape index (κ1) is 16.4. The average molecular weight is 316 g/mol. The van der Waals surface area contributed by atoms with Crippen molar-refractivity contribution in [3.63, 3.8) is 0 Å². The summed E-state index contributed by atoms with van der Waals surface area (Å²) >= 11 is 0. The van der Waals surface area contributed by atoms with E-state index in [9.17, 15) is 9.90 Å². The van der Waals surface area contributed by atoms with Crippen LogP contribution in [0, 0.1) is 0 Å². The van der Waals surface area contributed by atoms with Crippen molar-refractivity contribution in [1.82, 2.24) is 0 Å². The molecule has 0 amide bonds. The minimum absolute atomic E-state index is 0.186. The highest BCUT2D eigenvalue weighted by atomic mass is 16.7. The standard InChI is InChI=1S/C20H28O3/c1-20(23-19(21)22)14-8-7-13-18(20)17-12-6-5-11-16(17)15-9-3-2-4-10-15/h5-6,11-12,15,18H,2-4,7-10,13-14H2,1H3,(H,21,22). The number of hydrogen-bond acceptors (Lipinski definition) is 2. The number of hydrogen-bond donors (Lipinski definition) is 1. The molecule has 0 heterocycles. The van der Waals surface area contributed by atoms with Crippen molar-refractivity contribution in [2.45, 2.75) is 82.1 Å². The lowest BCUT2D eigenvalue weighted by Gasteiger charge is -2.41. The van der Waals surface area contributed by atoms with Crippen molar-refractivity contribution < 1.29 is 14.6 Å². The van der Waals surface area contributed by atoms with E-state index in [0.29, 0.717) is 5.92 Å². The van der Waals surface area contributed by atoms with Gasteiger partial charge in [-0.15, -0.1) is 0 Å². The van der Waals surface area contributed by atoms with Gasteiger partial charge in [0, 0.05) is 5.92 Å². The molecule has 2 aliphatic carbocycles. The Hall–Kier alpha value is -1.51. The summed E-state index contributed by atoms with van der Waals surface area (Å²) < 4.78 is 5.40. The van der Waals surface area contributed by atoms with Crippen molar-refractivity contribution in [1.29, 1.82) is 0 Å². The van der Waals surface area contributed by atoms with E-state index in [2.05, 4.69) is 24.3 Å². The second-order valence-corrected chi connectivity index (χ2v) is 7.44. The summed E-state index contributed by atoms with van der Waals surface area (Å²) in [5.41, 5.74) is 2.19. The monoisotopic (exact) mass is 316 g/mol. The van der Waals surface area contributed by atoms with Crippen molar-refractivity contribution in [3.05, 3.63) is 35.4 Å². The van der Waals surface area contributed by atoms with E-state index in [1.165, 1.54) is 43.2 Å². The molecule has 2 atom stereocenters. The van der Waals surface area contributed by atoms with Crippen molar-refractivity contribution in [2.75, 3.05) is 0 Å². The minimum atomic E-state index is -1.14. The molecule has 0 saturated heterocycles. The quantitative estimate of drug-likeness (QED) is 0.712. The summed E-state index contributed by atoms with van der Waals surface area (Å²) in [6.45, 7) is 1.99. The van der Waals surface area contributed by atoms with Crippen molar-refractivity contribution in [2.24, 2.45) is 0 Å². The highest BCUT2D eigenvalue weighted by Crippen LogP contribution is 2.46. The molecule has 1 N–H and O–H groups in total. The van der Waals surface area contributed by atoms with Crippen LogP contribution in [-0.4, -0.2) is 16.9 Å². The molecule has 0 bridgehead atoms. The first-order valence-corrected chi connectivity index (χ1v) is 9.11. The van der Waals surface area contributed by atoms with Crippen LogP contribution in [0.4, 0.5) is 4.79 Å². The first-order chi connectivity index (χ1) is 11.1. The number of ether oxygens (including phenoxy) is 1. The van der Waals surface area contributed by atoms with E-state index >= 15 is 0 Å². The van der Waals surface area contributed by atoms with E-state index in [-0.39, 0.29) is 5.92 Å². The SMILES string of the molecule is CC1(OC(=O)O)CCCCC1c1ccccc1C1CCCCC1. The highest BCUT2D eigenvalue weighted by molar-refractivity contribution is 5.58. The van der Waals surface area contributed by atoms with E-state index in [1.54, 1.807) is 0 Å². The highest BCUT2D eigenvalue weighted by Gasteiger charge is 2.42. The molecule has 2 unspecified atom stereocenters. The maximum Gasteiger partial charge on any atom is 0.506 e. The Morgan fingerprint density at radius 2 is 1.70 bits per heavy atom. The fraction of sp³-hybridized carbons (Fsp3) is 0.650. The molecule has 1 aromatic rings. The van der Waals surface area contributed by atoms with Crippen LogP contribution in [0.2, 0.25) is 0 Å². The zero-order chi connectivity index (χ0) is 16.3. The van der Waals surface area contributed by atoms with Crippen molar-refractivity contribution >= 4 is 6.16 Å². The topological polar surface area (TPSA) is 46.5 Å². The van der Waals surface area contributed by atoms with Gasteiger partial charge in [-0.2, -0.15) is 0 Å². The summed E-state index contributed by atoms with van der Waals surface area (Å²) in [6, 6.07) is 8.70. The predicted molar refractivity (Wildman–Crippen MR) is 91.0 cm³/mol. The van der Waals surface area contributed by atoms with E-state index in [1.807, 2.05) is 6.92 Å². The minimum Gasteiger partial charge on any atom is -0.450 e. The average Bonchev–Trinajstić information content (AvgIpc) is 2.55. The van der Waals surface area contributed by atoms with Gasteiger partial charge in [0.15, 0.2) is 0 Å². The molecule has 3 heteroatoms. The second kappa shape index (κ2) is 6.94. The van der Waals surface area contributed by atoms with Gasteiger partial charge in [0.1, 0.15) is 5.60 Å². The maximum atomic E-state index is 11.2. The molecule has 126 valence electrons. The Balaban J connectivity index is 1.93. The molecule has 3 nitrogen and oxygen atoms in total. The molecule has 1 aromatic carbocycles. The number of benzene rings is 1. The Kier molecular flexibility index (Phi) is 4.93. The molecule has 2 saturated carbocycles. The van der Waals surface area contributed by atoms with Gasteiger partial charge < -0.3 is 9.84 Å². The Morgan fingerprint density at radius 1 is 1.04 bits per heavy atom. The fourth-order valence-electron chi connectivity index (χ4n) is 4.72. The lowest BCUT2D eigenvalue weighted by atomic mass is 9.69. The van der Waals surface area contributed by atoms with Crippen molar-refractivity contribution in [3.8, 4) is 0 Å². The van der Waals surface area contributed by atoms with Crippen LogP contribution in [0.25, 0.3) is 0 Å². The van der Waals surface area contributed by atoms with Gasteiger partial charge in [-0.25, -0.2) is 4.79 Å². The third-order valence-electron chi connectivity index (χ3n) is 5.89. The fourth-order valence-corrected chi connectivity index (χ4v) is 4.72. The first-order valence-electron chi connectivity index (χ1n) is 9.11. The smallest absolute Gasteiger partial charge is 0.450 e. The molecule has 0 spiro atoms. The predicted octanol–water partition coefficient (Wildman–Crippen LogP) is 5.85. The van der Waals surface area contributed by atoms with Gasteiger partial charge in [-0.1, -0.05) is 49.9 Å². The Bertz CT molecular complexity index is 548. The van der Waals surface area contributed by atoms with Gasteiger partial charge in [-0.3, -0.25) is 0 Å². The Labute approximate surface area is 139 Å². The van der Waals surface area contributed by atoms with Gasteiger partial charge in [-0.05, 0) is 56.1 Å². The molecule has 23 heavy (non-hydrogen) atoms. The lowest BCUT2D eigenvalue weighted by Crippen LogP contribution is -2.41. The molecule has 0 aromatic heterocycles. The van der Waals surface area contributed by atoms with Crippen LogP contribution in [0.1, 0.15) is 87.7 Å². The van der Waals surface area contributed by atoms with Gasteiger partial charge in [0.2, 0.25) is 0 Å². The Morgan fingerprint density at radius 3 is 2.39 bits per heavy atom. The largest absolute Gasteiger partial charge is 0.506 e. The molecule has 2 aliphatic rings. The van der Waals surface area contributed by atoms with Crippen LogP contribution in [0.5, 0.6) is 0 Å². The third-order valence-corrected chi connectivity index (χ3v) is 5.89. The molecule has 0 aliphatic heterocycles. The molecule has 0 radical (unpaired) electrons. The summed E-state index contributed by atoms with van der Waals surface area (Å²) in [5, 5.41) is 9.19. The van der Waals surface area contributed by atoms with E-state index in [4.69, 9.17) is 4.74 Å². The third kappa shape index (κ3) is 3.54. The molecule has 3 rings (SSSR count). The zero-order valence-corrected chi connectivity index (χ0v) is 14.1. The molecular weight excluding hydrogens is 288 g/mol. The normalized spacial score (nSPS) is 29.2. The summed E-state index contributed by atoms with van der Waals surface area (Å²) in [5.74, 6) is 0.821. The maximum absolute atomic E-state index is 11.2. The van der Waals surface area contributed by atoms with Crippen LogP contribution >= 0.6 is 0 Å².